The van der Waals surface area contributed by atoms with Gasteiger partial charge in [0.1, 0.15) is 4.83 Å². The van der Waals surface area contributed by atoms with Crippen molar-refractivity contribution in [2.45, 2.75) is 44.5 Å². The van der Waals surface area contributed by atoms with Crippen molar-refractivity contribution in [1.82, 2.24) is 9.55 Å². The van der Waals surface area contributed by atoms with E-state index < -0.39 is 0 Å². The fourth-order valence-corrected chi connectivity index (χ4v) is 5.91. The monoisotopic (exact) mass is 454 g/mol. The molecule has 0 atom stereocenters. The maximum Gasteiger partial charge on any atom is 0.267 e. The van der Waals surface area contributed by atoms with Crippen LogP contribution in [0.2, 0.25) is 5.02 Å². The van der Waals surface area contributed by atoms with E-state index in [0.717, 1.165) is 55.6 Å². The average molecular weight is 455 g/mol. The highest BCUT2D eigenvalue weighted by Gasteiger charge is 2.19. The highest BCUT2D eigenvalue weighted by molar-refractivity contribution is 7.98. The molecule has 154 valence electrons. The molecule has 0 bridgehead atoms. The van der Waals surface area contributed by atoms with Crippen molar-refractivity contribution in [1.29, 1.82) is 0 Å². The Kier molecular flexibility index (Phi) is 6.32. The number of hydrogen-bond acceptors (Lipinski definition) is 4. The predicted molar refractivity (Wildman–Crippen MR) is 130 cm³/mol. The Balaban J connectivity index is 1.86. The first kappa shape index (κ1) is 21.2. The van der Waals surface area contributed by atoms with E-state index in [4.69, 9.17) is 16.6 Å². The van der Waals surface area contributed by atoms with Gasteiger partial charge in [0, 0.05) is 15.7 Å². The van der Waals surface area contributed by atoms with Gasteiger partial charge in [-0.1, -0.05) is 61.0 Å². The Morgan fingerprint density at radius 3 is 2.60 bits per heavy atom. The number of thioether (sulfide) groups is 1. The number of halogens is 1. The van der Waals surface area contributed by atoms with Gasteiger partial charge in [-0.3, -0.25) is 9.36 Å². The summed E-state index contributed by atoms with van der Waals surface area (Å²) in [5, 5.41) is 2.19. The summed E-state index contributed by atoms with van der Waals surface area (Å²) in [6.07, 6.45) is 2.03. The van der Waals surface area contributed by atoms with Gasteiger partial charge in [-0.2, -0.15) is 0 Å². The van der Waals surface area contributed by atoms with Crippen molar-refractivity contribution in [3.63, 3.8) is 0 Å². The second-order valence-corrected chi connectivity index (χ2v) is 9.83. The topological polar surface area (TPSA) is 34.9 Å². The lowest BCUT2D eigenvalue weighted by atomic mass is 10.1. The molecule has 0 saturated carbocycles. The maximum absolute atomic E-state index is 13.7. The maximum atomic E-state index is 13.7. The number of aromatic nitrogens is 2. The smallest absolute Gasteiger partial charge is 0.267 e. The molecule has 0 saturated heterocycles. The Labute approximate surface area is 189 Å². The predicted octanol–water partition coefficient (Wildman–Crippen LogP) is 6.96. The van der Waals surface area contributed by atoms with Crippen molar-refractivity contribution >= 4 is 44.9 Å². The Hall–Kier alpha value is -2.08. The van der Waals surface area contributed by atoms with Gasteiger partial charge in [0.15, 0.2) is 5.16 Å². The van der Waals surface area contributed by atoms with E-state index in [0.29, 0.717) is 5.75 Å². The van der Waals surface area contributed by atoms with Gasteiger partial charge < -0.3 is 0 Å². The van der Waals surface area contributed by atoms with Gasteiger partial charge in [-0.25, -0.2) is 4.98 Å². The highest BCUT2D eigenvalue weighted by Crippen LogP contribution is 2.32. The van der Waals surface area contributed by atoms with Crippen LogP contribution in [-0.2, 0) is 12.2 Å². The van der Waals surface area contributed by atoms with Crippen LogP contribution in [0.3, 0.4) is 0 Å². The Morgan fingerprint density at radius 2 is 1.90 bits per heavy atom. The highest BCUT2D eigenvalue weighted by atomic mass is 35.5. The molecule has 2 aromatic carbocycles. The van der Waals surface area contributed by atoms with Crippen LogP contribution in [0.25, 0.3) is 15.9 Å². The molecule has 0 amide bonds. The molecule has 4 aromatic rings. The number of nitrogens with zero attached hydrogens (tertiary/aromatic N) is 2. The van der Waals surface area contributed by atoms with Crippen LogP contribution < -0.4 is 5.56 Å². The van der Waals surface area contributed by atoms with Crippen molar-refractivity contribution < 1.29 is 0 Å². The standard InChI is InChI=1S/C24H23ClN2OS2/c1-4-6-20-16(3)21-22(30-20)26-24(29-14-17-9-11-18(25)12-10-17)27(23(21)28)19-8-5-7-15(2)13-19/h5,7-13H,4,6,14H2,1-3H3. The first-order valence-electron chi connectivity index (χ1n) is 9.97. The molecule has 4 rings (SSSR count). The Morgan fingerprint density at radius 1 is 1.13 bits per heavy atom. The lowest BCUT2D eigenvalue weighted by Crippen LogP contribution is -2.21. The van der Waals surface area contributed by atoms with Crippen molar-refractivity contribution in [2.75, 3.05) is 0 Å². The number of hydrogen-bond donors (Lipinski definition) is 0. The lowest BCUT2D eigenvalue weighted by molar-refractivity contribution is 0.820. The number of rotatable bonds is 6. The van der Waals surface area contributed by atoms with Crippen molar-refractivity contribution in [3.8, 4) is 5.69 Å². The molecule has 0 N–H and O–H groups in total. The van der Waals surface area contributed by atoms with Gasteiger partial charge in [0.2, 0.25) is 0 Å². The fourth-order valence-electron chi connectivity index (χ4n) is 3.50. The minimum absolute atomic E-state index is 0.0142. The number of aryl methyl sites for hydroxylation is 3. The molecule has 0 unspecified atom stereocenters. The summed E-state index contributed by atoms with van der Waals surface area (Å²) in [5.41, 5.74) is 4.20. The van der Waals surface area contributed by atoms with Gasteiger partial charge in [0.05, 0.1) is 11.1 Å². The van der Waals surface area contributed by atoms with Gasteiger partial charge in [-0.15, -0.1) is 11.3 Å². The molecular weight excluding hydrogens is 432 g/mol. The molecule has 6 heteroatoms. The Bertz CT molecular complexity index is 1260. The quantitative estimate of drug-likeness (QED) is 0.233. The minimum Gasteiger partial charge on any atom is -0.268 e. The molecule has 0 radical (unpaired) electrons. The zero-order valence-corrected chi connectivity index (χ0v) is 19.6. The van der Waals surface area contributed by atoms with Crippen LogP contribution in [0.5, 0.6) is 0 Å². The molecule has 2 aromatic heterocycles. The number of fused-ring (bicyclic) bond motifs is 1. The normalized spacial score (nSPS) is 11.3. The molecule has 0 aliphatic carbocycles. The molecule has 0 spiro atoms. The first-order valence-corrected chi connectivity index (χ1v) is 12.1. The van der Waals surface area contributed by atoms with Crippen LogP contribution in [0.1, 0.15) is 34.9 Å². The molecule has 0 fully saturated rings. The van der Waals surface area contributed by atoms with Crippen LogP contribution in [-0.4, -0.2) is 9.55 Å². The average Bonchev–Trinajstić information content (AvgIpc) is 3.03. The van der Waals surface area contributed by atoms with E-state index in [-0.39, 0.29) is 5.56 Å². The van der Waals surface area contributed by atoms with Crippen LogP contribution >= 0.6 is 34.7 Å². The molecule has 2 heterocycles. The van der Waals surface area contributed by atoms with Crippen molar-refractivity contribution in [2.24, 2.45) is 0 Å². The van der Waals surface area contributed by atoms with Gasteiger partial charge >= 0.3 is 0 Å². The molecule has 3 nitrogen and oxygen atoms in total. The zero-order valence-electron chi connectivity index (χ0n) is 17.2. The summed E-state index contributed by atoms with van der Waals surface area (Å²) in [4.78, 5) is 20.7. The zero-order chi connectivity index (χ0) is 21.3. The van der Waals surface area contributed by atoms with E-state index >= 15 is 0 Å². The third kappa shape index (κ3) is 4.20. The number of thiophene rings is 1. The lowest BCUT2D eigenvalue weighted by Gasteiger charge is -2.13. The number of benzene rings is 2. The molecule has 0 aliphatic rings. The second kappa shape index (κ2) is 8.96. The molecular formula is C24H23ClN2OS2. The van der Waals surface area contributed by atoms with Crippen LogP contribution in [0, 0.1) is 13.8 Å². The summed E-state index contributed by atoms with van der Waals surface area (Å²) in [6.45, 7) is 6.25. The summed E-state index contributed by atoms with van der Waals surface area (Å²) in [6, 6.07) is 15.8. The fraction of sp³-hybridized carbons (Fsp3) is 0.250. The van der Waals surface area contributed by atoms with Gasteiger partial charge in [0.25, 0.3) is 5.56 Å². The van der Waals surface area contributed by atoms with E-state index in [1.807, 2.05) is 62.4 Å². The third-order valence-corrected chi connectivity index (χ3v) is 7.56. The van der Waals surface area contributed by atoms with Crippen LogP contribution in [0.4, 0.5) is 0 Å². The molecule has 30 heavy (non-hydrogen) atoms. The largest absolute Gasteiger partial charge is 0.268 e. The van der Waals surface area contributed by atoms with E-state index in [2.05, 4.69) is 6.92 Å². The molecule has 0 aliphatic heterocycles. The third-order valence-electron chi connectivity index (χ3n) is 5.05. The minimum atomic E-state index is 0.0142. The SMILES string of the molecule is CCCc1sc2nc(SCc3ccc(Cl)cc3)n(-c3cccc(C)c3)c(=O)c2c1C. The van der Waals surface area contributed by atoms with E-state index in [1.165, 1.54) is 4.88 Å². The van der Waals surface area contributed by atoms with E-state index in [1.54, 1.807) is 27.7 Å². The van der Waals surface area contributed by atoms with E-state index in [9.17, 15) is 4.79 Å². The summed E-state index contributed by atoms with van der Waals surface area (Å²) in [7, 11) is 0. The summed E-state index contributed by atoms with van der Waals surface area (Å²) < 4.78 is 1.77. The summed E-state index contributed by atoms with van der Waals surface area (Å²) >= 11 is 9.25. The second-order valence-electron chi connectivity index (χ2n) is 7.37. The van der Waals surface area contributed by atoms with Crippen LogP contribution in [0.15, 0.2) is 58.5 Å². The van der Waals surface area contributed by atoms with Gasteiger partial charge in [-0.05, 0) is 61.2 Å². The van der Waals surface area contributed by atoms with Crippen molar-refractivity contribution in [3.05, 3.63) is 85.5 Å². The first-order chi connectivity index (χ1) is 14.5. The summed E-state index contributed by atoms with van der Waals surface area (Å²) in [5.74, 6) is 0.715.